The fraction of sp³-hybridized carbons (Fsp3) is 0.765. The molecule has 0 saturated carbocycles. The normalized spacial score (nSPS) is 20.3. The summed E-state index contributed by atoms with van der Waals surface area (Å²) in [6, 6.07) is 2.88. The highest BCUT2D eigenvalue weighted by molar-refractivity contribution is 5.93. The molecule has 3 heterocycles. The summed E-state index contributed by atoms with van der Waals surface area (Å²) in [4.78, 5) is 17.1. The summed E-state index contributed by atoms with van der Waals surface area (Å²) in [5, 5.41) is 4.09. The Bertz CT molecular complexity index is 530. The molecule has 0 unspecified atom stereocenters. The van der Waals surface area contributed by atoms with Crippen molar-refractivity contribution in [1.82, 2.24) is 19.6 Å². The zero-order chi connectivity index (χ0) is 16.4. The average molecular weight is 320 g/mol. The molecule has 1 aromatic rings. The SMILES string of the molecule is CC(C)CN(C1CCOCC1)C1CN(C(=O)c2ccnn2C)C1. The van der Waals surface area contributed by atoms with Gasteiger partial charge in [0.15, 0.2) is 0 Å². The maximum absolute atomic E-state index is 12.5. The van der Waals surface area contributed by atoms with Crippen molar-refractivity contribution in [3.63, 3.8) is 0 Å². The van der Waals surface area contributed by atoms with E-state index in [9.17, 15) is 4.79 Å². The van der Waals surface area contributed by atoms with E-state index in [0.29, 0.717) is 23.7 Å². The third kappa shape index (κ3) is 3.58. The predicted molar refractivity (Wildman–Crippen MR) is 88.3 cm³/mol. The Morgan fingerprint density at radius 3 is 2.61 bits per heavy atom. The van der Waals surface area contributed by atoms with Crippen LogP contribution >= 0.6 is 0 Å². The van der Waals surface area contributed by atoms with E-state index < -0.39 is 0 Å². The lowest BCUT2D eigenvalue weighted by Gasteiger charge is -2.49. The molecule has 0 N–H and O–H groups in total. The molecular weight excluding hydrogens is 292 g/mol. The van der Waals surface area contributed by atoms with Gasteiger partial charge in [-0.05, 0) is 24.8 Å². The van der Waals surface area contributed by atoms with Crippen LogP contribution in [0.2, 0.25) is 0 Å². The third-order valence-corrected chi connectivity index (χ3v) is 4.89. The molecule has 1 aromatic heterocycles. The summed E-state index contributed by atoms with van der Waals surface area (Å²) >= 11 is 0. The number of hydrogen-bond acceptors (Lipinski definition) is 4. The van der Waals surface area contributed by atoms with E-state index in [1.54, 1.807) is 16.9 Å². The van der Waals surface area contributed by atoms with Crippen LogP contribution in [0.15, 0.2) is 12.3 Å². The lowest BCUT2D eigenvalue weighted by molar-refractivity contribution is -0.0296. The molecule has 0 radical (unpaired) electrons. The number of ether oxygens (including phenoxy) is 1. The van der Waals surface area contributed by atoms with Crippen molar-refractivity contribution in [2.75, 3.05) is 32.8 Å². The fourth-order valence-electron chi connectivity index (χ4n) is 3.61. The van der Waals surface area contributed by atoms with Crippen LogP contribution < -0.4 is 0 Å². The van der Waals surface area contributed by atoms with E-state index >= 15 is 0 Å². The Balaban J connectivity index is 1.60. The van der Waals surface area contributed by atoms with E-state index in [1.807, 2.05) is 11.9 Å². The summed E-state index contributed by atoms with van der Waals surface area (Å²) in [5.74, 6) is 0.734. The van der Waals surface area contributed by atoms with Crippen LogP contribution in [0.4, 0.5) is 0 Å². The maximum Gasteiger partial charge on any atom is 0.272 e. The molecular formula is C17H28N4O2. The van der Waals surface area contributed by atoms with Crippen molar-refractivity contribution in [2.45, 2.75) is 38.8 Å². The number of aromatic nitrogens is 2. The molecule has 0 aromatic carbocycles. The molecule has 0 atom stereocenters. The highest BCUT2D eigenvalue weighted by atomic mass is 16.5. The van der Waals surface area contributed by atoms with Crippen molar-refractivity contribution < 1.29 is 9.53 Å². The first-order chi connectivity index (χ1) is 11.1. The summed E-state index contributed by atoms with van der Waals surface area (Å²) < 4.78 is 7.16. The molecule has 1 amide bonds. The van der Waals surface area contributed by atoms with Gasteiger partial charge in [0.25, 0.3) is 5.91 Å². The van der Waals surface area contributed by atoms with Gasteiger partial charge in [0.1, 0.15) is 5.69 Å². The van der Waals surface area contributed by atoms with E-state index in [1.165, 1.54) is 0 Å². The highest BCUT2D eigenvalue weighted by Gasteiger charge is 2.39. The van der Waals surface area contributed by atoms with Gasteiger partial charge in [-0.1, -0.05) is 13.8 Å². The minimum atomic E-state index is 0.0951. The van der Waals surface area contributed by atoms with Gasteiger partial charge in [-0.15, -0.1) is 0 Å². The average Bonchev–Trinajstić information content (AvgIpc) is 2.91. The Morgan fingerprint density at radius 2 is 2.04 bits per heavy atom. The summed E-state index contributed by atoms with van der Waals surface area (Å²) in [6.07, 6.45) is 3.90. The van der Waals surface area contributed by atoms with E-state index in [2.05, 4.69) is 23.8 Å². The van der Waals surface area contributed by atoms with Gasteiger partial charge in [0, 0.05) is 58.2 Å². The number of carbonyl (C=O) groups excluding carboxylic acids is 1. The summed E-state index contributed by atoms with van der Waals surface area (Å²) in [5.41, 5.74) is 0.671. The molecule has 23 heavy (non-hydrogen) atoms. The van der Waals surface area contributed by atoms with Crippen molar-refractivity contribution in [3.8, 4) is 0 Å². The van der Waals surface area contributed by atoms with Crippen molar-refractivity contribution in [2.24, 2.45) is 13.0 Å². The number of rotatable bonds is 5. The van der Waals surface area contributed by atoms with E-state index in [4.69, 9.17) is 4.74 Å². The second-order valence-electron chi connectivity index (χ2n) is 7.14. The number of carbonyl (C=O) groups is 1. The van der Waals surface area contributed by atoms with Crippen LogP contribution in [0.3, 0.4) is 0 Å². The van der Waals surface area contributed by atoms with Crippen LogP contribution in [-0.4, -0.2) is 70.4 Å². The topological polar surface area (TPSA) is 50.6 Å². The molecule has 2 aliphatic heterocycles. The van der Waals surface area contributed by atoms with Gasteiger partial charge in [-0.25, -0.2) is 0 Å². The van der Waals surface area contributed by atoms with Crippen LogP contribution in [0.1, 0.15) is 37.2 Å². The van der Waals surface area contributed by atoms with Crippen LogP contribution in [0, 0.1) is 5.92 Å². The number of hydrogen-bond donors (Lipinski definition) is 0. The van der Waals surface area contributed by atoms with Crippen LogP contribution in [-0.2, 0) is 11.8 Å². The zero-order valence-electron chi connectivity index (χ0n) is 14.4. The summed E-state index contributed by atoms with van der Waals surface area (Å²) in [7, 11) is 1.82. The molecule has 2 aliphatic rings. The molecule has 6 heteroatoms. The molecule has 128 valence electrons. The van der Waals surface area contributed by atoms with Gasteiger partial charge in [0.05, 0.1) is 0 Å². The largest absolute Gasteiger partial charge is 0.381 e. The smallest absolute Gasteiger partial charge is 0.272 e. The molecule has 0 spiro atoms. The number of aryl methyl sites for hydroxylation is 1. The van der Waals surface area contributed by atoms with Gasteiger partial charge in [-0.2, -0.15) is 5.10 Å². The van der Waals surface area contributed by atoms with E-state index in [0.717, 1.165) is 45.7 Å². The number of amides is 1. The highest BCUT2D eigenvalue weighted by Crippen LogP contribution is 2.25. The molecule has 3 rings (SSSR count). The molecule has 6 nitrogen and oxygen atoms in total. The van der Waals surface area contributed by atoms with Crippen LogP contribution in [0.25, 0.3) is 0 Å². The van der Waals surface area contributed by atoms with E-state index in [-0.39, 0.29) is 5.91 Å². The number of nitrogens with zero attached hydrogens (tertiary/aromatic N) is 4. The molecule has 0 bridgehead atoms. The van der Waals surface area contributed by atoms with Gasteiger partial charge in [-0.3, -0.25) is 14.4 Å². The minimum absolute atomic E-state index is 0.0951. The second-order valence-corrected chi connectivity index (χ2v) is 7.14. The molecule has 0 aliphatic carbocycles. The van der Waals surface area contributed by atoms with Crippen LogP contribution in [0.5, 0.6) is 0 Å². The first-order valence-corrected chi connectivity index (χ1v) is 8.67. The number of likely N-dealkylation sites (tertiary alicyclic amines) is 1. The molecule has 2 saturated heterocycles. The lowest BCUT2D eigenvalue weighted by Crippen LogP contribution is -2.64. The van der Waals surface area contributed by atoms with Crippen molar-refractivity contribution in [1.29, 1.82) is 0 Å². The lowest BCUT2D eigenvalue weighted by atomic mass is 9.98. The van der Waals surface area contributed by atoms with Gasteiger partial charge < -0.3 is 9.64 Å². The van der Waals surface area contributed by atoms with Crippen molar-refractivity contribution >= 4 is 5.91 Å². The Labute approximate surface area is 138 Å². The fourth-order valence-corrected chi connectivity index (χ4v) is 3.61. The standard InChI is InChI=1S/C17H28N4O2/c1-13(2)10-21(14-5-8-23-9-6-14)15-11-20(12-15)17(22)16-4-7-18-19(16)3/h4,7,13-15H,5-6,8-12H2,1-3H3. The summed E-state index contributed by atoms with van der Waals surface area (Å²) in [6.45, 7) is 9.02. The van der Waals surface area contributed by atoms with Gasteiger partial charge in [0.2, 0.25) is 0 Å². The van der Waals surface area contributed by atoms with Gasteiger partial charge >= 0.3 is 0 Å². The quantitative estimate of drug-likeness (QED) is 0.822. The predicted octanol–water partition coefficient (Wildman–Crippen LogP) is 1.38. The molecule has 2 fully saturated rings. The Morgan fingerprint density at radius 1 is 1.35 bits per heavy atom. The Kier molecular flexibility index (Phi) is 5.02. The Hall–Kier alpha value is -1.40. The first-order valence-electron chi connectivity index (χ1n) is 8.67. The minimum Gasteiger partial charge on any atom is -0.381 e. The monoisotopic (exact) mass is 320 g/mol. The third-order valence-electron chi connectivity index (χ3n) is 4.89. The van der Waals surface area contributed by atoms with Crippen molar-refractivity contribution in [3.05, 3.63) is 18.0 Å². The second kappa shape index (κ2) is 7.01. The maximum atomic E-state index is 12.5. The zero-order valence-corrected chi connectivity index (χ0v) is 14.4. The first kappa shape index (κ1) is 16.5.